The van der Waals surface area contributed by atoms with E-state index in [1.54, 1.807) is 0 Å². The molecule has 0 aliphatic rings. The Balaban J connectivity index is 1.70. The molecule has 0 aliphatic carbocycles. The number of furan rings is 3. The van der Waals surface area contributed by atoms with Crippen LogP contribution >= 0.6 is 0 Å². The van der Waals surface area contributed by atoms with Crippen LogP contribution < -0.4 is 0 Å². The number of benzene rings is 3. The Hall–Kier alpha value is -5.10. The van der Waals surface area contributed by atoms with Crippen molar-refractivity contribution in [1.82, 2.24) is 13.7 Å². The summed E-state index contributed by atoms with van der Waals surface area (Å²) in [4.78, 5) is 0. The van der Waals surface area contributed by atoms with E-state index in [9.17, 15) is 0 Å². The molecule has 6 heteroatoms. The minimum absolute atomic E-state index is 0.622. The van der Waals surface area contributed by atoms with Crippen LogP contribution in [0, 0.1) is 0 Å². The number of hydrogen-bond acceptors (Lipinski definition) is 3. The van der Waals surface area contributed by atoms with Gasteiger partial charge < -0.3 is 13.3 Å². The van der Waals surface area contributed by atoms with Gasteiger partial charge in [0, 0.05) is 36.4 Å². The molecule has 0 atom stereocenters. The second-order valence-corrected chi connectivity index (χ2v) is 8.35. The Kier molecular flexibility index (Phi) is 4.67. The largest absolute Gasteiger partial charge is 0.423 e. The lowest BCUT2D eigenvalue weighted by Crippen LogP contribution is -1.96. The number of rotatable bonds is 3. The molecule has 7 rings (SSSR count). The first-order valence-electron chi connectivity index (χ1n) is 11.7. The molecule has 0 radical (unpaired) electrons. The summed E-state index contributed by atoms with van der Waals surface area (Å²) in [6.07, 6.45) is 0. The fraction of sp³-hybridized carbons (Fsp3) is 0. The Morgan fingerprint density at radius 3 is 0.722 bits per heavy atom. The summed E-state index contributed by atoms with van der Waals surface area (Å²) >= 11 is 0. The average molecular weight is 472 g/mol. The van der Waals surface area contributed by atoms with Crippen LogP contribution in [0.2, 0.25) is 0 Å². The molecule has 3 aromatic carbocycles. The van der Waals surface area contributed by atoms with E-state index in [0.717, 1.165) is 17.1 Å². The van der Waals surface area contributed by atoms with Gasteiger partial charge >= 0.3 is 0 Å². The molecular weight excluding hydrogens is 450 g/mol. The Morgan fingerprint density at radius 1 is 0.278 bits per heavy atom. The van der Waals surface area contributed by atoms with Crippen molar-refractivity contribution in [2.24, 2.45) is 0 Å². The predicted molar refractivity (Wildman–Crippen MR) is 140 cm³/mol. The highest BCUT2D eigenvalue weighted by Crippen LogP contribution is 2.27. The number of nitrogens with zero attached hydrogens (tertiary/aromatic N) is 3. The zero-order valence-electron chi connectivity index (χ0n) is 19.2. The summed E-state index contributed by atoms with van der Waals surface area (Å²) < 4.78 is 25.3. The molecule has 4 heterocycles. The maximum atomic E-state index is 6.45. The summed E-state index contributed by atoms with van der Waals surface area (Å²) in [5.41, 5.74) is 6.50. The van der Waals surface area contributed by atoms with Crippen molar-refractivity contribution in [3.8, 4) is 17.1 Å². The lowest BCUT2D eigenvalue weighted by Gasteiger charge is -2.08. The molecule has 4 aromatic heterocycles. The first-order valence-corrected chi connectivity index (χ1v) is 11.7. The van der Waals surface area contributed by atoms with E-state index in [4.69, 9.17) is 13.3 Å². The summed E-state index contributed by atoms with van der Waals surface area (Å²) in [5.74, 6) is 0. The summed E-state index contributed by atoms with van der Waals surface area (Å²) in [6, 6.07) is 41.7. The van der Waals surface area contributed by atoms with Crippen LogP contribution in [0.5, 0.6) is 0 Å². The highest BCUT2D eigenvalue weighted by atomic mass is 16.4. The molecule has 6 nitrogen and oxygen atoms in total. The zero-order chi connectivity index (χ0) is 23.9. The van der Waals surface area contributed by atoms with E-state index in [1.807, 2.05) is 141 Å². The van der Waals surface area contributed by atoms with Crippen LogP contribution in [-0.4, -0.2) is 13.7 Å². The van der Waals surface area contributed by atoms with Crippen molar-refractivity contribution >= 4 is 34.3 Å². The summed E-state index contributed by atoms with van der Waals surface area (Å²) in [5, 5.41) is 0. The highest BCUT2D eigenvalue weighted by Gasteiger charge is 2.13. The quantitative estimate of drug-likeness (QED) is 0.262. The van der Waals surface area contributed by atoms with Crippen LogP contribution in [0.25, 0.3) is 51.3 Å². The van der Waals surface area contributed by atoms with Crippen LogP contribution in [-0.2, 0) is 0 Å². The van der Waals surface area contributed by atoms with E-state index in [0.29, 0.717) is 34.3 Å². The van der Waals surface area contributed by atoms with E-state index in [-0.39, 0.29) is 0 Å². The first-order chi connectivity index (χ1) is 17.8. The first kappa shape index (κ1) is 20.3. The van der Waals surface area contributed by atoms with Crippen molar-refractivity contribution in [2.75, 3.05) is 0 Å². The number of para-hydroxylation sites is 3. The van der Waals surface area contributed by atoms with Gasteiger partial charge in [0.1, 0.15) is 0 Å². The SMILES string of the molecule is c1ccc(-n2c3ccc(o3)n(-c3ccccc3)c3ccc(o3)n(-c3ccccc3)c3ccc2o3)cc1. The molecule has 0 spiro atoms. The van der Waals surface area contributed by atoms with Crippen molar-refractivity contribution in [3.63, 3.8) is 0 Å². The van der Waals surface area contributed by atoms with Gasteiger partial charge in [-0.1, -0.05) is 54.6 Å². The molecule has 0 saturated carbocycles. The van der Waals surface area contributed by atoms with Gasteiger partial charge in [-0.15, -0.1) is 0 Å². The molecule has 0 aliphatic heterocycles. The third kappa shape index (κ3) is 3.35. The molecular formula is C30H21N3O3. The van der Waals surface area contributed by atoms with Crippen molar-refractivity contribution in [2.45, 2.75) is 0 Å². The molecule has 36 heavy (non-hydrogen) atoms. The van der Waals surface area contributed by atoms with Crippen LogP contribution in [0.4, 0.5) is 0 Å². The summed E-state index contributed by atoms with van der Waals surface area (Å²) in [6.45, 7) is 0. The van der Waals surface area contributed by atoms with Gasteiger partial charge in [0.25, 0.3) is 0 Å². The maximum Gasteiger partial charge on any atom is 0.209 e. The maximum absolute atomic E-state index is 6.45. The topological polar surface area (TPSA) is 54.2 Å². The second-order valence-electron chi connectivity index (χ2n) is 8.35. The fourth-order valence-electron chi connectivity index (χ4n) is 4.49. The third-order valence-electron chi connectivity index (χ3n) is 6.10. The molecule has 6 bridgehead atoms. The van der Waals surface area contributed by atoms with Gasteiger partial charge in [0.15, 0.2) is 0 Å². The van der Waals surface area contributed by atoms with Gasteiger partial charge in [-0.05, 0) is 36.4 Å². The molecule has 0 fully saturated rings. The third-order valence-corrected chi connectivity index (χ3v) is 6.10. The smallest absolute Gasteiger partial charge is 0.209 e. The lowest BCUT2D eigenvalue weighted by molar-refractivity contribution is 0.562. The lowest BCUT2D eigenvalue weighted by atomic mass is 10.3. The van der Waals surface area contributed by atoms with E-state index < -0.39 is 0 Å². The Bertz CT molecular complexity index is 1580. The van der Waals surface area contributed by atoms with Gasteiger partial charge in [0.2, 0.25) is 34.3 Å². The van der Waals surface area contributed by atoms with Crippen molar-refractivity contribution < 1.29 is 13.3 Å². The van der Waals surface area contributed by atoms with Crippen LogP contribution in [0.3, 0.4) is 0 Å². The van der Waals surface area contributed by atoms with E-state index in [2.05, 4.69) is 0 Å². The minimum Gasteiger partial charge on any atom is -0.423 e. The number of aromatic nitrogens is 3. The standard InChI is InChI=1S/C30H21N3O3/c1-4-10-22(11-5-1)31-25-16-18-27(34-25)32(23-12-6-2-7-13-23)29-20-21-30(36-29)33(24-14-8-3-9-15-24)28-19-17-26(31)35-28/h1-21H. The number of hydrogen-bond donors (Lipinski definition) is 0. The second kappa shape index (κ2) is 8.29. The minimum atomic E-state index is 0.622. The monoisotopic (exact) mass is 471 g/mol. The van der Waals surface area contributed by atoms with Gasteiger partial charge in [0.05, 0.1) is 17.1 Å². The van der Waals surface area contributed by atoms with Gasteiger partial charge in [-0.2, -0.15) is 0 Å². The molecule has 0 N–H and O–H groups in total. The van der Waals surface area contributed by atoms with E-state index >= 15 is 0 Å². The molecule has 174 valence electrons. The van der Waals surface area contributed by atoms with Crippen molar-refractivity contribution in [1.29, 1.82) is 0 Å². The van der Waals surface area contributed by atoms with Gasteiger partial charge in [-0.3, -0.25) is 13.7 Å². The highest BCUT2D eigenvalue weighted by molar-refractivity contribution is 5.66. The fourth-order valence-corrected chi connectivity index (χ4v) is 4.49. The van der Waals surface area contributed by atoms with Gasteiger partial charge in [-0.25, -0.2) is 0 Å². The van der Waals surface area contributed by atoms with E-state index in [1.165, 1.54) is 0 Å². The van der Waals surface area contributed by atoms with Crippen LogP contribution in [0.15, 0.2) is 141 Å². The summed E-state index contributed by atoms with van der Waals surface area (Å²) in [7, 11) is 0. The Labute approximate surface area is 205 Å². The molecule has 0 saturated heterocycles. The molecule has 0 amide bonds. The zero-order valence-corrected chi connectivity index (χ0v) is 19.2. The van der Waals surface area contributed by atoms with Crippen molar-refractivity contribution in [3.05, 3.63) is 127 Å². The average Bonchev–Trinajstić information content (AvgIpc) is 3.70. The number of fused-ring (bicyclic) bond motifs is 6. The normalized spacial score (nSPS) is 11.3. The Morgan fingerprint density at radius 2 is 0.500 bits per heavy atom. The predicted octanol–water partition coefficient (Wildman–Crippen LogP) is 7.98. The molecule has 7 aromatic rings. The molecule has 0 unspecified atom stereocenters. The van der Waals surface area contributed by atoms with Crippen LogP contribution in [0.1, 0.15) is 0 Å².